The van der Waals surface area contributed by atoms with Gasteiger partial charge >= 0.3 is 0 Å². The largest absolute Gasteiger partial charge is 0.494 e. The fourth-order valence-electron chi connectivity index (χ4n) is 2.23. The lowest BCUT2D eigenvalue weighted by Gasteiger charge is -2.26. The quantitative estimate of drug-likeness (QED) is 0.910. The Bertz CT molecular complexity index is 561. The van der Waals surface area contributed by atoms with Crippen molar-refractivity contribution in [2.24, 2.45) is 0 Å². The Labute approximate surface area is 120 Å². The summed E-state index contributed by atoms with van der Waals surface area (Å²) in [7, 11) is 0. The van der Waals surface area contributed by atoms with E-state index < -0.39 is 0 Å². The smallest absolute Gasteiger partial charge is 0.290 e. The van der Waals surface area contributed by atoms with Crippen LogP contribution in [0.25, 0.3) is 0 Å². The van der Waals surface area contributed by atoms with Gasteiger partial charge in [-0.2, -0.15) is 0 Å². The van der Waals surface area contributed by atoms with E-state index in [-0.39, 0.29) is 23.5 Å². The Kier molecular flexibility index (Phi) is 3.82. The van der Waals surface area contributed by atoms with Gasteiger partial charge in [-0.1, -0.05) is 0 Å². The zero-order chi connectivity index (χ0) is 13.9. The third-order valence-electron chi connectivity index (χ3n) is 3.19. The number of hydrogen-bond acceptors (Lipinski definition) is 4. The highest BCUT2D eigenvalue weighted by Gasteiger charge is 2.25. The monoisotopic (exact) mass is 295 g/mol. The van der Waals surface area contributed by atoms with E-state index in [0.29, 0.717) is 13.2 Å². The van der Waals surface area contributed by atoms with E-state index in [2.05, 4.69) is 5.32 Å². The third kappa shape index (κ3) is 2.75. The molecule has 1 unspecified atom stereocenters. The molecule has 6 heteroatoms. The molecule has 0 aliphatic carbocycles. The molecule has 0 fully saturated rings. The van der Waals surface area contributed by atoms with Crippen molar-refractivity contribution < 1.29 is 18.7 Å². The normalized spacial score (nSPS) is 21.1. The van der Waals surface area contributed by atoms with Crippen molar-refractivity contribution in [3.8, 4) is 0 Å². The average Bonchev–Trinajstić information content (AvgIpc) is 2.49. The summed E-state index contributed by atoms with van der Waals surface area (Å²) in [4.78, 5) is 13.1. The van der Waals surface area contributed by atoms with Crippen molar-refractivity contribution in [1.29, 1.82) is 0 Å². The minimum atomic E-state index is -0.322. The molecule has 106 valence electrons. The molecule has 1 N–H and O–H groups in total. The van der Waals surface area contributed by atoms with E-state index in [4.69, 9.17) is 9.47 Å². The van der Waals surface area contributed by atoms with Crippen LogP contribution in [-0.2, 0) is 14.3 Å². The average molecular weight is 295 g/mol. The van der Waals surface area contributed by atoms with Crippen LogP contribution >= 0.6 is 11.8 Å². The van der Waals surface area contributed by atoms with Crippen LogP contribution in [0.1, 0.15) is 18.0 Å². The minimum absolute atomic E-state index is 0.174. The van der Waals surface area contributed by atoms with Crippen LogP contribution in [0.4, 0.5) is 4.39 Å². The van der Waals surface area contributed by atoms with Gasteiger partial charge in [0.15, 0.2) is 0 Å². The lowest BCUT2D eigenvalue weighted by Crippen LogP contribution is -2.33. The first kappa shape index (κ1) is 13.3. The summed E-state index contributed by atoms with van der Waals surface area (Å²) < 4.78 is 23.7. The number of carbonyl (C=O) groups is 1. The van der Waals surface area contributed by atoms with Crippen LogP contribution in [0.2, 0.25) is 0 Å². The molecule has 4 nitrogen and oxygen atoms in total. The van der Waals surface area contributed by atoms with Gasteiger partial charge in [0.2, 0.25) is 5.76 Å². The number of halogens is 1. The number of thioether (sulfide) groups is 1. The Morgan fingerprint density at radius 3 is 3.10 bits per heavy atom. The summed E-state index contributed by atoms with van der Waals surface area (Å²) in [5.41, 5.74) is 0.826. The molecule has 2 heterocycles. The van der Waals surface area contributed by atoms with Crippen molar-refractivity contribution in [2.45, 2.75) is 17.4 Å². The van der Waals surface area contributed by atoms with Gasteiger partial charge in [-0.3, -0.25) is 4.79 Å². The first-order chi connectivity index (χ1) is 9.74. The van der Waals surface area contributed by atoms with Crippen molar-refractivity contribution >= 4 is 17.7 Å². The minimum Gasteiger partial charge on any atom is -0.494 e. The fraction of sp³-hybridized carbons (Fsp3) is 0.357. The molecular formula is C14H14FNO3S. The van der Waals surface area contributed by atoms with Gasteiger partial charge in [-0.25, -0.2) is 4.39 Å². The van der Waals surface area contributed by atoms with E-state index in [1.54, 1.807) is 17.8 Å². The number of benzene rings is 1. The molecular weight excluding hydrogens is 281 g/mol. The van der Waals surface area contributed by atoms with Crippen molar-refractivity contribution in [3.05, 3.63) is 41.6 Å². The highest BCUT2D eigenvalue weighted by atomic mass is 32.2. The van der Waals surface area contributed by atoms with Crippen molar-refractivity contribution in [3.63, 3.8) is 0 Å². The molecule has 0 aromatic heterocycles. The Balaban J connectivity index is 1.77. The van der Waals surface area contributed by atoms with Gasteiger partial charge in [0.1, 0.15) is 25.3 Å². The molecule has 3 rings (SSSR count). The number of hydrogen-bond donors (Lipinski definition) is 1. The summed E-state index contributed by atoms with van der Waals surface area (Å²) in [6.07, 6.45) is 2.09. The highest BCUT2D eigenvalue weighted by Crippen LogP contribution is 2.36. The Hall–Kier alpha value is -1.69. The number of amides is 1. The predicted molar refractivity (Wildman–Crippen MR) is 72.6 cm³/mol. The van der Waals surface area contributed by atoms with Gasteiger partial charge in [0, 0.05) is 10.6 Å². The fourth-order valence-corrected chi connectivity index (χ4v) is 3.34. The first-order valence-electron chi connectivity index (χ1n) is 6.42. The molecule has 2 aliphatic heterocycles. The van der Waals surface area contributed by atoms with Crippen LogP contribution in [0.5, 0.6) is 0 Å². The van der Waals surface area contributed by atoms with Crippen LogP contribution < -0.4 is 5.32 Å². The first-order valence-corrected chi connectivity index (χ1v) is 7.40. The summed E-state index contributed by atoms with van der Waals surface area (Å²) in [5.74, 6) is 0.450. The summed E-state index contributed by atoms with van der Waals surface area (Å²) in [6, 6.07) is 4.49. The summed E-state index contributed by atoms with van der Waals surface area (Å²) in [5, 5.41) is 2.88. The Morgan fingerprint density at radius 1 is 1.40 bits per heavy atom. The van der Waals surface area contributed by atoms with Gasteiger partial charge < -0.3 is 14.8 Å². The number of ether oxygens (including phenoxy) is 2. The summed E-state index contributed by atoms with van der Waals surface area (Å²) >= 11 is 1.68. The molecule has 0 spiro atoms. The molecule has 1 aromatic rings. The highest BCUT2D eigenvalue weighted by molar-refractivity contribution is 7.99. The van der Waals surface area contributed by atoms with E-state index in [1.165, 1.54) is 18.4 Å². The Morgan fingerprint density at radius 2 is 2.30 bits per heavy atom. The molecule has 20 heavy (non-hydrogen) atoms. The molecule has 0 bridgehead atoms. The van der Waals surface area contributed by atoms with Gasteiger partial charge in [-0.15, -0.1) is 11.8 Å². The van der Waals surface area contributed by atoms with E-state index in [1.807, 2.05) is 0 Å². The number of nitrogens with one attached hydrogen (secondary N) is 1. The topological polar surface area (TPSA) is 47.6 Å². The second-order valence-electron chi connectivity index (χ2n) is 4.55. The van der Waals surface area contributed by atoms with Gasteiger partial charge in [0.25, 0.3) is 5.91 Å². The van der Waals surface area contributed by atoms with Gasteiger partial charge in [-0.05, 0) is 30.2 Å². The number of carbonyl (C=O) groups excluding carboxylic acids is 1. The lowest BCUT2D eigenvalue weighted by molar-refractivity contribution is -0.123. The van der Waals surface area contributed by atoms with E-state index in [9.17, 15) is 9.18 Å². The SMILES string of the molecule is O=C(NC1CCSc2ccc(F)cc21)C1=COCCO1. The second-order valence-corrected chi connectivity index (χ2v) is 5.68. The molecule has 1 amide bonds. The summed E-state index contributed by atoms with van der Waals surface area (Å²) in [6.45, 7) is 0.815. The molecule has 1 atom stereocenters. The zero-order valence-electron chi connectivity index (χ0n) is 10.7. The van der Waals surface area contributed by atoms with Crippen LogP contribution in [0.3, 0.4) is 0 Å². The maximum Gasteiger partial charge on any atom is 0.290 e. The molecule has 0 saturated carbocycles. The predicted octanol–water partition coefficient (Wildman–Crippen LogP) is 2.37. The van der Waals surface area contributed by atoms with Crippen LogP contribution in [0.15, 0.2) is 35.1 Å². The standard InChI is InChI=1S/C14H14FNO3S/c15-9-1-2-13-10(7-9)11(3-6-20-13)16-14(17)12-8-18-4-5-19-12/h1-2,7-8,11H,3-6H2,(H,16,17). The maximum absolute atomic E-state index is 13.4. The molecule has 1 aromatic carbocycles. The maximum atomic E-state index is 13.4. The molecule has 0 radical (unpaired) electrons. The van der Waals surface area contributed by atoms with Crippen molar-refractivity contribution in [1.82, 2.24) is 5.32 Å². The zero-order valence-corrected chi connectivity index (χ0v) is 11.5. The van der Waals surface area contributed by atoms with E-state index >= 15 is 0 Å². The van der Waals surface area contributed by atoms with Crippen LogP contribution in [0, 0.1) is 5.82 Å². The number of fused-ring (bicyclic) bond motifs is 1. The number of rotatable bonds is 2. The third-order valence-corrected chi connectivity index (χ3v) is 4.31. The second kappa shape index (κ2) is 5.75. The van der Waals surface area contributed by atoms with Crippen molar-refractivity contribution in [2.75, 3.05) is 19.0 Å². The van der Waals surface area contributed by atoms with E-state index in [0.717, 1.165) is 22.6 Å². The molecule has 2 aliphatic rings. The molecule has 0 saturated heterocycles. The van der Waals surface area contributed by atoms with Crippen LogP contribution in [-0.4, -0.2) is 24.9 Å². The lowest BCUT2D eigenvalue weighted by atomic mass is 10.0. The van der Waals surface area contributed by atoms with Gasteiger partial charge in [0.05, 0.1) is 6.04 Å².